The third-order valence-corrected chi connectivity index (χ3v) is 6.45. The summed E-state index contributed by atoms with van der Waals surface area (Å²) in [6.45, 7) is 5.72. The molecule has 0 aromatic heterocycles. The normalized spacial score (nSPS) is 16.3. The first-order valence-corrected chi connectivity index (χ1v) is 12.6. The van der Waals surface area contributed by atoms with Crippen LogP contribution in [0, 0.1) is 5.82 Å². The molecule has 0 heterocycles. The smallest absolute Gasteiger partial charge is 0.407 e. The van der Waals surface area contributed by atoms with Crippen molar-refractivity contribution in [3.05, 3.63) is 99.8 Å². The minimum Gasteiger partial charge on any atom is -0.444 e. The van der Waals surface area contributed by atoms with Gasteiger partial charge >= 0.3 is 17.9 Å². The lowest BCUT2D eigenvalue weighted by Crippen LogP contribution is -2.39. The second kappa shape index (κ2) is 11.2. The minimum absolute atomic E-state index is 0.0792. The number of ether oxygens (including phenoxy) is 1. The molecule has 0 aliphatic heterocycles. The highest BCUT2D eigenvalue weighted by atomic mass is 35.5. The highest BCUT2D eigenvalue weighted by molar-refractivity contribution is 6.39. The third kappa shape index (κ3) is 6.69. The molecule has 1 aliphatic rings. The molecule has 38 heavy (non-hydrogen) atoms. The highest BCUT2D eigenvalue weighted by Crippen LogP contribution is 2.42. The number of alkyl carbamates (subject to hydrolysis) is 1. The topological polar surface area (TPSA) is 96.5 Å². The lowest BCUT2D eigenvalue weighted by molar-refractivity contribution is -0.136. The van der Waals surface area contributed by atoms with Crippen molar-refractivity contribution >= 4 is 35.2 Å². The van der Waals surface area contributed by atoms with Crippen LogP contribution in [0.15, 0.2) is 66.7 Å². The van der Waals surface area contributed by atoms with Crippen molar-refractivity contribution in [3.8, 4) is 0 Å². The van der Waals surface area contributed by atoms with E-state index < -0.39 is 35.4 Å². The Morgan fingerprint density at radius 2 is 1.71 bits per heavy atom. The monoisotopic (exact) mass is 537 g/mol. The Balaban J connectivity index is 1.45. The van der Waals surface area contributed by atoms with Gasteiger partial charge in [-0.1, -0.05) is 60.1 Å². The molecule has 0 radical (unpaired) electrons. The molecule has 7 nitrogen and oxygen atoms in total. The van der Waals surface area contributed by atoms with Crippen LogP contribution in [-0.2, 0) is 27.3 Å². The van der Waals surface area contributed by atoms with E-state index in [0.29, 0.717) is 13.0 Å². The molecule has 3 aromatic carbocycles. The summed E-state index contributed by atoms with van der Waals surface area (Å²) < 4.78 is 19.0. The molecule has 0 spiro atoms. The highest BCUT2D eigenvalue weighted by Gasteiger charge is 2.35. The van der Waals surface area contributed by atoms with E-state index >= 15 is 0 Å². The number of hydrogen-bond donors (Lipinski definition) is 3. The van der Waals surface area contributed by atoms with Gasteiger partial charge in [0.15, 0.2) is 0 Å². The Kier molecular flexibility index (Phi) is 8.02. The summed E-state index contributed by atoms with van der Waals surface area (Å²) in [6.07, 6.45) is 0.191. The van der Waals surface area contributed by atoms with Crippen molar-refractivity contribution in [2.75, 3.05) is 5.32 Å². The number of nitrogens with one attached hydrogen (secondary N) is 3. The van der Waals surface area contributed by atoms with Gasteiger partial charge in [0, 0.05) is 18.2 Å². The summed E-state index contributed by atoms with van der Waals surface area (Å²) in [6, 6.07) is 18.9. The van der Waals surface area contributed by atoms with Crippen molar-refractivity contribution in [3.63, 3.8) is 0 Å². The van der Waals surface area contributed by atoms with Crippen LogP contribution in [0.1, 0.15) is 55.0 Å². The molecule has 2 atom stereocenters. The van der Waals surface area contributed by atoms with E-state index in [1.165, 1.54) is 12.1 Å². The van der Waals surface area contributed by atoms with Gasteiger partial charge in [-0.3, -0.25) is 9.59 Å². The van der Waals surface area contributed by atoms with Crippen LogP contribution >= 0.6 is 11.6 Å². The van der Waals surface area contributed by atoms with Crippen LogP contribution in [0.2, 0.25) is 5.02 Å². The van der Waals surface area contributed by atoms with E-state index in [-0.39, 0.29) is 16.6 Å². The number of carbonyl (C=O) groups is 3. The summed E-state index contributed by atoms with van der Waals surface area (Å²) in [5, 5.41) is 7.93. The van der Waals surface area contributed by atoms with E-state index in [1.807, 2.05) is 48.5 Å². The van der Waals surface area contributed by atoms with Crippen molar-refractivity contribution < 1.29 is 23.5 Å². The fourth-order valence-electron chi connectivity index (χ4n) is 4.42. The molecule has 1 aliphatic carbocycles. The van der Waals surface area contributed by atoms with E-state index in [4.69, 9.17) is 16.3 Å². The maximum Gasteiger partial charge on any atom is 0.407 e. The molecule has 0 fully saturated rings. The van der Waals surface area contributed by atoms with Crippen molar-refractivity contribution in [1.29, 1.82) is 0 Å². The molecular formula is C29H29ClFN3O4. The predicted molar refractivity (Wildman–Crippen MR) is 143 cm³/mol. The SMILES string of the molecule is CC(C)(C)OC(=O)NCc1ccc([C@@H]2Cc3ccccc3[C@H]2NC(=O)C(=O)Nc2ccc(Cl)c(F)c2)cc1. The first kappa shape index (κ1) is 27.1. The van der Waals surface area contributed by atoms with Gasteiger partial charge in [-0.25, -0.2) is 9.18 Å². The summed E-state index contributed by atoms with van der Waals surface area (Å²) in [7, 11) is 0. The number of halogens is 2. The fourth-order valence-corrected chi connectivity index (χ4v) is 4.54. The summed E-state index contributed by atoms with van der Waals surface area (Å²) in [5.74, 6) is -2.53. The van der Waals surface area contributed by atoms with Gasteiger partial charge in [0.25, 0.3) is 0 Å². The Morgan fingerprint density at radius 3 is 2.39 bits per heavy atom. The van der Waals surface area contributed by atoms with Crippen LogP contribution in [0.3, 0.4) is 0 Å². The zero-order valence-electron chi connectivity index (χ0n) is 21.3. The van der Waals surface area contributed by atoms with Gasteiger partial charge in [-0.05, 0) is 67.6 Å². The Bertz CT molecular complexity index is 1350. The number of fused-ring (bicyclic) bond motifs is 1. The molecule has 9 heteroatoms. The summed E-state index contributed by atoms with van der Waals surface area (Å²) in [4.78, 5) is 37.4. The number of hydrogen-bond acceptors (Lipinski definition) is 4. The van der Waals surface area contributed by atoms with Crippen LogP contribution < -0.4 is 16.0 Å². The van der Waals surface area contributed by atoms with E-state index in [1.54, 1.807) is 20.8 Å². The molecule has 3 aromatic rings. The maximum atomic E-state index is 13.7. The lowest BCUT2D eigenvalue weighted by Gasteiger charge is -2.23. The van der Waals surface area contributed by atoms with Crippen LogP contribution in [-0.4, -0.2) is 23.5 Å². The van der Waals surface area contributed by atoms with Crippen LogP contribution in [0.25, 0.3) is 0 Å². The van der Waals surface area contributed by atoms with Gasteiger partial charge in [0.1, 0.15) is 11.4 Å². The second-order valence-electron chi connectivity index (χ2n) is 10.1. The van der Waals surface area contributed by atoms with Crippen LogP contribution in [0.4, 0.5) is 14.9 Å². The molecule has 198 valence electrons. The van der Waals surface area contributed by atoms with Gasteiger partial charge in [-0.2, -0.15) is 0 Å². The zero-order chi connectivity index (χ0) is 27.4. The summed E-state index contributed by atoms with van der Waals surface area (Å²) >= 11 is 5.69. The molecule has 0 bridgehead atoms. The number of carbonyl (C=O) groups excluding carboxylic acids is 3. The third-order valence-electron chi connectivity index (χ3n) is 6.15. The lowest BCUT2D eigenvalue weighted by atomic mass is 9.91. The van der Waals surface area contributed by atoms with Crippen molar-refractivity contribution in [2.24, 2.45) is 0 Å². The van der Waals surface area contributed by atoms with Gasteiger partial charge in [0.05, 0.1) is 11.1 Å². The molecule has 3 amide bonds. The van der Waals surface area contributed by atoms with Crippen LogP contribution in [0.5, 0.6) is 0 Å². The Labute approximate surface area is 225 Å². The molecule has 3 N–H and O–H groups in total. The Morgan fingerprint density at radius 1 is 1.00 bits per heavy atom. The average Bonchev–Trinajstić information content (AvgIpc) is 3.22. The first-order chi connectivity index (χ1) is 18.0. The number of rotatable bonds is 5. The maximum absolute atomic E-state index is 13.7. The quantitative estimate of drug-likeness (QED) is 0.367. The molecule has 4 rings (SSSR count). The molecule has 0 saturated heterocycles. The Hall–Kier alpha value is -3.91. The fraction of sp³-hybridized carbons (Fsp3) is 0.276. The number of amides is 3. The van der Waals surface area contributed by atoms with E-state index in [2.05, 4.69) is 16.0 Å². The molecule has 0 saturated carbocycles. The van der Waals surface area contributed by atoms with Crippen molar-refractivity contribution in [2.45, 2.75) is 51.3 Å². The number of benzene rings is 3. The van der Waals surface area contributed by atoms with Gasteiger partial charge in [0.2, 0.25) is 0 Å². The second-order valence-corrected chi connectivity index (χ2v) is 10.5. The van der Waals surface area contributed by atoms with Crippen molar-refractivity contribution in [1.82, 2.24) is 10.6 Å². The largest absolute Gasteiger partial charge is 0.444 e. The van der Waals surface area contributed by atoms with Gasteiger partial charge in [-0.15, -0.1) is 0 Å². The summed E-state index contributed by atoms with van der Waals surface area (Å²) in [5.41, 5.74) is 3.45. The minimum atomic E-state index is -0.904. The predicted octanol–water partition coefficient (Wildman–Crippen LogP) is 5.64. The standard InChI is InChI=1S/C29H29ClFN3O4/c1-29(2,3)38-28(37)32-16-17-8-10-18(11-9-17)22-14-19-6-4-5-7-21(19)25(22)34-27(36)26(35)33-20-12-13-23(30)24(31)15-20/h4-13,15,22,25H,14,16H2,1-3H3,(H,32,37)(H,33,35)(H,34,36)/t22-,25+/m0/s1. The molecular weight excluding hydrogens is 509 g/mol. The van der Waals surface area contributed by atoms with E-state index in [0.717, 1.165) is 28.3 Å². The molecule has 0 unspecified atom stereocenters. The van der Waals surface area contributed by atoms with E-state index in [9.17, 15) is 18.8 Å². The van der Waals surface area contributed by atoms with Gasteiger partial charge < -0.3 is 20.7 Å². The zero-order valence-corrected chi connectivity index (χ0v) is 22.1. The number of anilines is 1. The average molecular weight is 538 g/mol. The first-order valence-electron chi connectivity index (χ1n) is 12.2.